The highest BCUT2D eigenvalue weighted by molar-refractivity contribution is 5.77. The number of carbonyl (C=O) groups excluding carboxylic acids is 1. The van der Waals surface area contributed by atoms with Crippen LogP contribution in [0.5, 0.6) is 0 Å². The summed E-state index contributed by atoms with van der Waals surface area (Å²) in [7, 11) is 1.94. The number of hydrogen-bond acceptors (Lipinski definition) is 2. The number of nitrogens with two attached hydrogens (primary N) is 1. The summed E-state index contributed by atoms with van der Waals surface area (Å²) in [5, 5.41) is 0. The lowest BCUT2D eigenvalue weighted by atomic mass is 9.84. The van der Waals surface area contributed by atoms with E-state index in [0.717, 1.165) is 18.8 Å². The number of carbonyl (C=O) groups is 1. The van der Waals surface area contributed by atoms with Gasteiger partial charge >= 0.3 is 0 Å². The third-order valence-electron chi connectivity index (χ3n) is 3.94. The van der Waals surface area contributed by atoms with Crippen LogP contribution < -0.4 is 5.73 Å². The van der Waals surface area contributed by atoms with E-state index >= 15 is 0 Å². The normalized spacial score (nSPS) is 25.7. The molecular weight excluding hydrogens is 212 g/mol. The third-order valence-corrected chi connectivity index (χ3v) is 3.94. The monoisotopic (exact) mass is 240 g/mol. The van der Waals surface area contributed by atoms with Crippen LogP contribution in [-0.4, -0.2) is 29.4 Å². The Morgan fingerprint density at radius 1 is 1.29 bits per heavy atom. The maximum absolute atomic E-state index is 12.1. The maximum Gasteiger partial charge on any atom is 0.224 e. The minimum absolute atomic E-state index is 0.192. The summed E-state index contributed by atoms with van der Waals surface area (Å²) in [5.41, 5.74) is 5.50. The number of amides is 1. The summed E-state index contributed by atoms with van der Waals surface area (Å²) >= 11 is 0. The molecule has 0 aliphatic heterocycles. The first kappa shape index (κ1) is 14.5. The lowest BCUT2D eigenvalue weighted by Gasteiger charge is -2.35. The van der Waals surface area contributed by atoms with Gasteiger partial charge in [-0.05, 0) is 45.4 Å². The Hall–Kier alpha value is -0.570. The molecule has 0 unspecified atom stereocenters. The van der Waals surface area contributed by atoms with E-state index in [2.05, 4.69) is 6.92 Å². The van der Waals surface area contributed by atoms with Gasteiger partial charge in [-0.25, -0.2) is 0 Å². The van der Waals surface area contributed by atoms with Crippen molar-refractivity contribution >= 4 is 5.91 Å². The Morgan fingerprint density at radius 3 is 2.24 bits per heavy atom. The van der Waals surface area contributed by atoms with Crippen molar-refractivity contribution in [2.45, 2.75) is 70.9 Å². The van der Waals surface area contributed by atoms with Gasteiger partial charge in [-0.3, -0.25) is 4.79 Å². The molecule has 1 aliphatic rings. The van der Waals surface area contributed by atoms with E-state index in [4.69, 9.17) is 5.73 Å². The van der Waals surface area contributed by atoms with Crippen molar-refractivity contribution in [3.8, 4) is 0 Å². The summed E-state index contributed by atoms with van der Waals surface area (Å²) in [6.07, 6.45) is 6.57. The van der Waals surface area contributed by atoms with Crippen LogP contribution >= 0.6 is 0 Å². The van der Waals surface area contributed by atoms with Crippen LogP contribution in [0.4, 0.5) is 0 Å². The minimum Gasteiger partial charge on any atom is -0.343 e. The van der Waals surface area contributed by atoms with Gasteiger partial charge in [0.1, 0.15) is 0 Å². The first-order valence-electron chi connectivity index (χ1n) is 6.88. The van der Waals surface area contributed by atoms with Crippen molar-refractivity contribution < 1.29 is 4.79 Å². The molecule has 1 fully saturated rings. The lowest BCUT2D eigenvalue weighted by molar-refractivity contribution is -0.133. The highest BCUT2D eigenvalue weighted by Crippen LogP contribution is 2.29. The number of nitrogens with zero attached hydrogens (tertiary/aromatic N) is 1. The molecule has 1 amide bonds. The van der Waals surface area contributed by atoms with Gasteiger partial charge in [0.05, 0.1) is 0 Å². The SMILES string of the molecule is CCC1CCC(N(C)C(=O)CC(C)(C)N)CC1. The van der Waals surface area contributed by atoms with E-state index in [1.807, 2.05) is 25.8 Å². The average Bonchev–Trinajstić information content (AvgIpc) is 2.26. The van der Waals surface area contributed by atoms with Gasteiger partial charge in [-0.2, -0.15) is 0 Å². The Morgan fingerprint density at radius 2 is 1.82 bits per heavy atom. The van der Waals surface area contributed by atoms with Crippen LogP contribution in [0.2, 0.25) is 0 Å². The molecule has 1 aliphatic carbocycles. The molecule has 0 heterocycles. The van der Waals surface area contributed by atoms with Crippen molar-refractivity contribution in [3.63, 3.8) is 0 Å². The molecule has 17 heavy (non-hydrogen) atoms. The van der Waals surface area contributed by atoms with E-state index in [1.54, 1.807) is 0 Å². The predicted octanol–water partition coefficient (Wildman–Crippen LogP) is 2.54. The zero-order chi connectivity index (χ0) is 13.1. The fourth-order valence-electron chi connectivity index (χ4n) is 2.66. The second-order valence-corrected chi connectivity index (χ2v) is 6.25. The van der Waals surface area contributed by atoms with Gasteiger partial charge in [-0.15, -0.1) is 0 Å². The molecule has 3 heteroatoms. The van der Waals surface area contributed by atoms with Gasteiger partial charge < -0.3 is 10.6 Å². The summed E-state index contributed by atoms with van der Waals surface area (Å²) in [6.45, 7) is 6.08. The molecule has 1 saturated carbocycles. The van der Waals surface area contributed by atoms with Crippen LogP contribution in [0, 0.1) is 5.92 Å². The molecule has 2 N–H and O–H groups in total. The minimum atomic E-state index is -0.397. The van der Waals surface area contributed by atoms with Crippen LogP contribution in [0.1, 0.15) is 59.3 Å². The molecule has 3 nitrogen and oxygen atoms in total. The van der Waals surface area contributed by atoms with Crippen molar-refractivity contribution in [1.82, 2.24) is 4.90 Å². The second kappa shape index (κ2) is 5.85. The summed E-state index contributed by atoms with van der Waals surface area (Å²) in [6, 6.07) is 0.438. The largest absolute Gasteiger partial charge is 0.343 e. The second-order valence-electron chi connectivity index (χ2n) is 6.25. The zero-order valence-electron chi connectivity index (χ0n) is 11.8. The highest BCUT2D eigenvalue weighted by Gasteiger charge is 2.27. The van der Waals surface area contributed by atoms with Crippen LogP contribution in [0.25, 0.3) is 0 Å². The zero-order valence-corrected chi connectivity index (χ0v) is 11.8. The topological polar surface area (TPSA) is 46.3 Å². The van der Waals surface area contributed by atoms with Gasteiger partial charge in [0, 0.05) is 25.0 Å². The molecule has 0 radical (unpaired) electrons. The van der Waals surface area contributed by atoms with E-state index in [-0.39, 0.29) is 5.91 Å². The molecule has 0 spiro atoms. The Balaban J connectivity index is 2.43. The molecule has 100 valence electrons. The van der Waals surface area contributed by atoms with E-state index in [9.17, 15) is 4.79 Å². The Labute approximate surface area is 106 Å². The fourth-order valence-corrected chi connectivity index (χ4v) is 2.66. The Kier molecular flexibility index (Phi) is 4.99. The third kappa shape index (κ3) is 4.66. The molecule has 1 rings (SSSR count). The van der Waals surface area contributed by atoms with Crippen molar-refractivity contribution in [1.29, 1.82) is 0 Å². The molecule has 0 bridgehead atoms. The molecule has 0 aromatic rings. The molecular formula is C14H28N2O. The molecule has 0 saturated heterocycles. The first-order valence-corrected chi connectivity index (χ1v) is 6.88. The van der Waals surface area contributed by atoms with Gasteiger partial charge in [0.25, 0.3) is 0 Å². The van der Waals surface area contributed by atoms with E-state index < -0.39 is 5.54 Å². The quantitative estimate of drug-likeness (QED) is 0.821. The van der Waals surface area contributed by atoms with Crippen molar-refractivity contribution in [3.05, 3.63) is 0 Å². The van der Waals surface area contributed by atoms with Crippen LogP contribution in [0.15, 0.2) is 0 Å². The van der Waals surface area contributed by atoms with Gasteiger partial charge in [0.2, 0.25) is 5.91 Å². The van der Waals surface area contributed by atoms with Crippen molar-refractivity contribution in [2.24, 2.45) is 11.7 Å². The standard InChI is InChI=1S/C14H28N2O/c1-5-11-6-8-12(9-7-11)16(4)13(17)10-14(2,3)15/h11-12H,5-10,15H2,1-4H3. The average molecular weight is 240 g/mol. The fraction of sp³-hybridized carbons (Fsp3) is 0.929. The summed E-state index contributed by atoms with van der Waals surface area (Å²) in [4.78, 5) is 14.0. The van der Waals surface area contributed by atoms with Gasteiger partial charge in [-0.1, -0.05) is 13.3 Å². The smallest absolute Gasteiger partial charge is 0.224 e. The maximum atomic E-state index is 12.1. The molecule has 0 aromatic heterocycles. The van der Waals surface area contributed by atoms with E-state index in [1.165, 1.54) is 19.3 Å². The highest BCUT2D eigenvalue weighted by atomic mass is 16.2. The van der Waals surface area contributed by atoms with Crippen LogP contribution in [-0.2, 0) is 4.79 Å². The summed E-state index contributed by atoms with van der Waals surface area (Å²) in [5.74, 6) is 1.07. The molecule has 0 atom stereocenters. The molecule has 0 aromatic carbocycles. The number of rotatable bonds is 4. The Bertz CT molecular complexity index is 249. The summed E-state index contributed by atoms with van der Waals surface area (Å²) < 4.78 is 0. The predicted molar refractivity (Wildman–Crippen MR) is 71.7 cm³/mol. The number of hydrogen-bond donors (Lipinski definition) is 1. The first-order chi connectivity index (χ1) is 7.83. The lowest BCUT2D eigenvalue weighted by Crippen LogP contribution is -2.44. The van der Waals surface area contributed by atoms with Crippen LogP contribution in [0.3, 0.4) is 0 Å². The van der Waals surface area contributed by atoms with Gasteiger partial charge in [0.15, 0.2) is 0 Å². The van der Waals surface area contributed by atoms with Crippen molar-refractivity contribution in [2.75, 3.05) is 7.05 Å². The van der Waals surface area contributed by atoms with E-state index in [0.29, 0.717) is 12.5 Å².